The van der Waals surface area contributed by atoms with Crippen LogP contribution in [-0.2, 0) is 19.0 Å². The predicted molar refractivity (Wildman–Crippen MR) is 202 cm³/mol. The van der Waals surface area contributed by atoms with Crippen LogP contribution in [0.5, 0.6) is 0 Å². The lowest BCUT2D eigenvalue weighted by atomic mass is 9.79. The zero-order chi connectivity index (χ0) is 35.0. The van der Waals surface area contributed by atoms with E-state index >= 15 is 0 Å². The van der Waals surface area contributed by atoms with Crippen LogP contribution in [0.15, 0.2) is 55.0 Å². The average Bonchev–Trinajstić information content (AvgIpc) is 3.71. The van der Waals surface area contributed by atoms with Gasteiger partial charge in [0.05, 0.1) is 24.7 Å². The van der Waals surface area contributed by atoms with Gasteiger partial charge in [-0.2, -0.15) is 14.7 Å². The third kappa shape index (κ3) is 10.6. The van der Waals surface area contributed by atoms with E-state index in [0.29, 0.717) is 32.4 Å². The molecular formula is C37H56N6O4Si2. The number of nitrogens with zero attached hydrogens (tertiary/aromatic N) is 6. The van der Waals surface area contributed by atoms with Crippen molar-refractivity contribution >= 4 is 33.6 Å². The molecule has 0 N–H and O–H groups in total. The van der Waals surface area contributed by atoms with Gasteiger partial charge in [-0.1, -0.05) is 57.5 Å². The smallest absolute Gasteiger partial charge is 0.306 e. The molecule has 0 unspecified atom stereocenters. The van der Waals surface area contributed by atoms with Gasteiger partial charge in [-0.3, -0.25) is 4.79 Å². The van der Waals surface area contributed by atoms with Crippen LogP contribution in [0.25, 0.3) is 22.5 Å². The maximum Gasteiger partial charge on any atom is 0.306 e. The Morgan fingerprint density at radius 3 is 2.16 bits per heavy atom. The highest BCUT2D eigenvalue weighted by molar-refractivity contribution is 6.76. The number of para-hydroxylation sites is 1. The topological polar surface area (TPSA) is 96.0 Å². The monoisotopic (exact) mass is 704 g/mol. The van der Waals surface area contributed by atoms with Gasteiger partial charge in [0.15, 0.2) is 5.65 Å². The highest BCUT2D eigenvalue weighted by Gasteiger charge is 2.28. The minimum atomic E-state index is -1.25. The van der Waals surface area contributed by atoms with E-state index in [-0.39, 0.29) is 11.9 Å². The number of hydrogen-bond donors (Lipinski definition) is 0. The Bertz CT molecular complexity index is 1620. The Morgan fingerprint density at radius 2 is 1.55 bits per heavy atom. The first-order valence-corrected chi connectivity index (χ1v) is 25.4. The first-order valence-electron chi connectivity index (χ1n) is 18.0. The molecule has 49 heavy (non-hydrogen) atoms. The third-order valence-electron chi connectivity index (χ3n) is 9.22. The van der Waals surface area contributed by atoms with E-state index in [9.17, 15) is 4.79 Å². The van der Waals surface area contributed by atoms with Crippen molar-refractivity contribution < 1.29 is 19.0 Å². The average molecular weight is 705 g/mol. The first-order chi connectivity index (χ1) is 23.4. The molecule has 0 atom stereocenters. The Hall–Kier alpha value is -3.33. The van der Waals surface area contributed by atoms with Crippen molar-refractivity contribution in [3.05, 3.63) is 60.7 Å². The maximum absolute atomic E-state index is 12.2. The van der Waals surface area contributed by atoms with Crippen LogP contribution in [0.4, 0.5) is 5.82 Å². The summed E-state index contributed by atoms with van der Waals surface area (Å²) in [5.41, 5.74) is 4.72. The molecule has 12 heteroatoms. The molecule has 0 radical (unpaired) electrons. The number of aromatic nitrogens is 5. The van der Waals surface area contributed by atoms with Crippen LogP contribution in [0.2, 0.25) is 51.4 Å². The third-order valence-corrected chi connectivity index (χ3v) is 12.6. The second kappa shape index (κ2) is 16.6. The fourth-order valence-corrected chi connectivity index (χ4v) is 7.69. The molecule has 4 aromatic rings. The van der Waals surface area contributed by atoms with Crippen LogP contribution < -0.4 is 4.90 Å². The summed E-state index contributed by atoms with van der Waals surface area (Å²) in [7, 11) is -2.50. The highest BCUT2D eigenvalue weighted by atomic mass is 28.3. The van der Waals surface area contributed by atoms with Gasteiger partial charge in [-0.05, 0) is 62.7 Å². The molecule has 3 aromatic heterocycles. The molecule has 3 heterocycles. The SMILES string of the molecule is CCOC(=O)CC1CCC(c2cc(N(COCC[Si](C)(C)C)COCC[Si](C)(C)C)n3ncc(-c4cnn(-c5ccccc5)c4)c3n2)CC1. The van der Waals surface area contributed by atoms with Crippen molar-refractivity contribution in [2.45, 2.75) is 96.3 Å². The van der Waals surface area contributed by atoms with E-state index < -0.39 is 16.1 Å². The zero-order valence-electron chi connectivity index (χ0n) is 30.7. The lowest BCUT2D eigenvalue weighted by molar-refractivity contribution is -0.144. The molecule has 1 aliphatic rings. The second-order valence-corrected chi connectivity index (χ2v) is 27.0. The summed E-state index contributed by atoms with van der Waals surface area (Å²) in [6, 6.07) is 14.5. The summed E-state index contributed by atoms with van der Waals surface area (Å²) >= 11 is 0. The van der Waals surface area contributed by atoms with E-state index in [4.69, 9.17) is 24.3 Å². The molecule has 0 aliphatic heterocycles. The fraction of sp³-hybridized carbons (Fsp3) is 0.568. The summed E-state index contributed by atoms with van der Waals surface area (Å²) in [5.74, 6) is 1.45. The number of carbonyl (C=O) groups is 1. The summed E-state index contributed by atoms with van der Waals surface area (Å²) in [6.07, 6.45) is 10.2. The number of anilines is 1. The van der Waals surface area contributed by atoms with Gasteiger partial charge in [0, 0.05) is 70.8 Å². The minimum absolute atomic E-state index is 0.0911. The minimum Gasteiger partial charge on any atom is -0.466 e. The number of fused-ring (bicyclic) bond motifs is 1. The molecule has 0 spiro atoms. The first kappa shape index (κ1) is 36.9. The van der Waals surface area contributed by atoms with Crippen molar-refractivity contribution in [1.82, 2.24) is 24.4 Å². The molecule has 0 saturated heterocycles. The fourth-order valence-electron chi connectivity index (χ4n) is 6.18. The summed E-state index contributed by atoms with van der Waals surface area (Å²) in [6.45, 7) is 18.8. The molecule has 0 amide bonds. The normalized spacial score (nSPS) is 17.0. The van der Waals surface area contributed by atoms with Gasteiger partial charge < -0.3 is 19.1 Å². The van der Waals surface area contributed by atoms with Crippen molar-refractivity contribution in [1.29, 1.82) is 0 Å². The Balaban J connectivity index is 1.48. The number of esters is 1. The lowest BCUT2D eigenvalue weighted by Gasteiger charge is -2.30. The standard InChI is InChI=1S/C37H56N6O4Si2/c1-8-47-36(44)22-29-14-16-30(17-15-29)34-23-35(41(27-45-18-20-48(2,3)4)28-46-19-21-49(5,6)7)43-37(40-34)33(25-39-43)31-24-38-42(26-31)32-12-10-9-11-13-32/h9-13,23-26,29-30H,8,14-22,27-28H2,1-7H3. The van der Waals surface area contributed by atoms with Crippen LogP contribution in [0.3, 0.4) is 0 Å². The second-order valence-electron chi connectivity index (χ2n) is 15.8. The molecule has 5 rings (SSSR count). The molecule has 0 bridgehead atoms. The van der Waals surface area contributed by atoms with Gasteiger partial charge in [-0.25, -0.2) is 9.67 Å². The number of ether oxygens (including phenoxy) is 3. The van der Waals surface area contributed by atoms with Gasteiger partial charge in [0.25, 0.3) is 0 Å². The Morgan fingerprint density at radius 1 is 0.898 bits per heavy atom. The van der Waals surface area contributed by atoms with E-state index in [0.717, 1.165) is 85.0 Å². The van der Waals surface area contributed by atoms with Crippen LogP contribution >= 0.6 is 0 Å². The largest absolute Gasteiger partial charge is 0.466 e. The van der Waals surface area contributed by atoms with Gasteiger partial charge in [0.2, 0.25) is 0 Å². The van der Waals surface area contributed by atoms with E-state index in [1.807, 2.05) is 65.0 Å². The van der Waals surface area contributed by atoms with Crippen molar-refractivity contribution in [3.63, 3.8) is 0 Å². The van der Waals surface area contributed by atoms with Gasteiger partial charge in [0.1, 0.15) is 19.3 Å². The van der Waals surface area contributed by atoms with Crippen molar-refractivity contribution in [3.8, 4) is 16.8 Å². The lowest BCUT2D eigenvalue weighted by Crippen LogP contribution is -2.33. The number of hydrogen-bond acceptors (Lipinski definition) is 8. The number of carbonyl (C=O) groups excluding carboxylic acids is 1. The number of benzene rings is 1. The molecule has 266 valence electrons. The summed E-state index contributed by atoms with van der Waals surface area (Å²) in [5, 5.41) is 9.58. The van der Waals surface area contributed by atoms with E-state index in [2.05, 4.69) is 55.3 Å². The van der Waals surface area contributed by atoms with Crippen LogP contribution in [0, 0.1) is 5.92 Å². The summed E-state index contributed by atoms with van der Waals surface area (Å²) in [4.78, 5) is 19.7. The molecule has 1 aliphatic carbocycles. The quantitative estimate of drug-likeness (QED) is 0.0470. The van der Waals surface area contributed by atoms with Crippen molar-refractivity contribution in [2.75, 3.05) is 38.2 Å². The number of rotatable bonds is 17. The van der Waals surface area contributed by atoms with Crippen molar-refractivity contribution in [2.24, 2.45) is 5.92 Å². The molecule has 1 fully saturated rings. The molecular weight excluding hydrogens is 649 g/mol. The van der Waals surface area contributed by atoms with Gasteiger partial charge in [-0.15, -0.1) is 0 Å². The predicted octanol–water partition coefficient (Wildman–Crippen LogP) is 8.24. The van der Waals surface area contributed by atoms with Crippen LogP contribution in [-0.4, -0.2) is 79.8 Å². The summed E-state index contributed by atoms with van der Waals surface area (Å²) < 4.78 is 21.8. The molecule has 1 aromatic carbocycles. The van der Waals surface area contributed by atoms with E-state index in [1.54, 1.807) is 0 Å². The molecule has 1 saturated carbocycles. The van der Waals surface area contributed by atoms with Gasteiger partial charge >= 0.3 is 5.97 Å². The zero-order valence-corrected chi connectivity index (χ0v) is 32.7. The highest BCUT2D eigenvalue weighted by Crippen LogP contribution is 2.39. The Kier molecular flexibility index (Phi) is 12.5. The maximum atomic E-state index is 12.2. The van der Waals surface area contributed by atoms with E-state index in [1.165, 1.54) is 0 Å². The Labute approximate surface area is 294 Å². The molecule has 10 nitrogen and oxygen atoms in total. The van der Waals surface area contributed by atoms with Crippen LogP contribution in [0.1, 0.15) is 50.6 Å².